The van der Waals surface area contributed by atoms with Gasteiger partial charge in [-0.15, -0.1) is 0 Å². The van der Waals surface area contributed by atoms with Crippen LogP contribution in [0, 0.1) is 5.92 Å². The molecular formula is C21H25N5O2. The van der Waals surface area contributed by atoms with Crippen molar-refractivity contribution in [3.8, 4) is 0 Å². The number of rotatable bonds is 7. The van der Waals surface area contributed by atoms with Gasteiger partial charge < -0.3 is 5.32 Å². The van der Waals surface area contributed by atoms with Crippen molar-refractivity contribution in [3.05, 3.63) is 53.9 Å². The number of fused-ring (bicyclic) bond motifs is 1. The first-order valence-electron chi connectivity index (χ1n) is 9.86. The molecule has 0 bridgehead atoms. The van der Waals surface area contributed by atoms with Gasteiger partial charge in [0, 0.05) is 31.9 Å². The first kappa shape index (κ1) is 18.6. The van der Waals surface area contributed by atoms with Crippen LogP contribution in [0.2, 0.25) is 0 Å². The van der Waals surface area contributed by atoms with E-state index in [1.165, 1.54) is 0 Å². The lowest BCUT2D eigenvalue weighted by molar-refractivity contribution is -0.121. The van der Waals surface area contributed by atoms with Crippen LogP contribution in [0.25, 0.3) is 11.0 Å². The highest BCUT2D eigenvalue weighted by Gasteiger charge is 2.21. The number of aromatic nitrogens is 3. The molecule has 0 unspecified atom stereocenters. The Morgan fingerprint density at radius 3 is 2.89 bits per heavy atom. The molecule has 7 heteroatoms. The molecule has 7 nitrogen and oxygen atoms in total. The Bertz CT molecular complexity index is 903. The Kier molecular flexibility index (Phi) is 5.92. The number of amides is 1. The third kappa shape index (κ3) is 4.72. The third-order valence-corrected chi connectivity index (χ3v) is 5.46. The lowest BCUT2D eigenvalue weighted by atomic mass is 9.92. The standard InChI is InChI=1S/C21H25N5O2/c27-20(23-14-17-3-2-10-22-13-17)7-6-16-8-11-26(12-9-16)15-18-4-1-5-19-21(18)25-28-24-19/h1-5,10,13,16H,6-9,11-12,14-15H2,(H,23,27). The average molecular weight is 379 g/mol. The molecule has 2 aromatic heterocycles. The van der Waals surface area contributed by atoms with Crippen molar-refractivity contribution in [1.29, 1.82) is 0 Å². The summed E-state index contributed by atoms with van der Waals surface area (Å²) >= 11 is 0. The summed E-state index contributed by atoms with van der Waals surface area (Å²) in [6, 6.07) is 9.86. The molecule has 4 rings (SSSR count). The van der Waals surface area contributed by atoms with E-state index < -0.39 is 0 Å². The number of likely N-dealkylation sites (tertiary alicyclic amines) is 1. The molecule has 0 radical (unpaired) electrons. The van der Waals surface area contributed by atoms with Gasteiger partial charge in [-0.3, -0.25) is 14.7 Å². The molecule has 0 spiro atoms. The van der Waals surface area contributed by atoms with Crippen LogP contribution in [0.5, 0.6) is 0 Å². The number of carbonyl (C=O) groups is 1. The summed E-state index contributed by atoms with van der Waals surface area (Å²) in [4.78, 5) is 18.6. The molecule has 3 aromatic rings. The topological polar surface area (TPSA) is 84.2 Å². The lowest BCUT2D eigenvalue weighted by Gasteiger charge is -2.31. The molecule has 1 amide bonds. The Morgan fingerprint density at radius 2 is 2.07 bits per heavy atom. The molecule has 146 valence electrons. The number of hydrogen-bond donors (Lipinski definition) is 1. The summed E-state index contributed by atoms with van der Waals surface area (Å²) in [6.07, 6.45) is 7.32. The van der Waals surface area contributed by atoms with Gasteiger partial charge in [-0.1, -0.05) is 18.2 Å². The van der Waals surface area contributed by atoms with Crippen LogP contribution in [0.4, 0.5) is 0 Å². The Hall–Kier alpha value is -2.80. The minimum absolute atomic E-state index is 0.122. The van der Waals surface area contributed by atoms with Crippen LogP contribution in [0.15, 0.2) is 47.4 Å². The largest absolute Gasteiger partial charge is 0.352 e. The molecular weight excluding hydrogens is 354 g/mol. The van der Waals surface area contributed by atoms with Gasteiger partial charge in [0.1, 0.15) is 11.0 Å². The van der Waals surface area contributed by atoms with Crippen molar-refractivity contribution in [3.63, 3.8) is 0 Å². The van der Waals surface area contributed by atoms with Gasteiger partial charge in [0.05, 0.1) is 0 Å². The fourth-order valence-corrected chi connectivity index (χ4v) is 3.79. The summed E-state index contributed by atoms with van der Waals surface area (Å²) in [7, 11) is 0. The molecule has 1 aliphatic heterocycles. The minimum atomic E-state index is 0.122. The van der Waals surface area contributed by atoms with Crippen molar-refractivity contribution in [2.24, 2.45) is 5.92 Å². The SMILES string of the molecule is O=C(CCC1CCN(Cc2cccc3nonc23)CC1)NCc1cccnc1. The van der Waals surface area contributed by atoms with E-state index >= 15 is 0 Å². The first-order valence-corrected chi connectivity index (χ1v) is 9.86. The molecule has 1 aromatic carbocycles. The van der Waals surface area contributed by atoms with Crippen LogP contribution in [-0.4, -0.2) is 39.2 Å². The normalized spacial score (nSPS) is 15.7. The summed E-state index contributed by atoms with van der Waals surface area (Å²) in [5, 5.41) is 10.9. The van der Waals surface area contributed by atoms with E-state index in [-0.39, 0.29) is 5.91 Å². The van der Waals surface area contributed by atoms with E-state index in [0.717, 1.165) is 61.1 Å². The molecule has 1 fully saturated rings. The van der Waals surface area contributed by atoms with Crippen LogP contribution in [-0.2, 0) is 17.9 Å². The van der Waals surface area contributed by atoms with E-state index in [2.05, 4.69) is 31.6 Å². The highest BCUT2D eigenvalue weighted by molar-refractivity contribution is 5.76. The van der Waals surface area contributed by atoms with Crippen molar-refractivity contribution >= 4 is 16.9 Å². The second-order valence-electron chi connectivity index (χ2n) is 7.45. The number of carbonyl (C=O) groups excluding carboxylic acids is 1. The van der Waals surface area contributed by atoms with Crippen LogP contribution < -0.4 is 5.32 Å². The number of nitrogens with zero attached hydrogens (tertiary/aromatic N) is 4. The van der Waals surface area contributed by atoms with Gasteiger partial charge in [-0.25, -0.2) is 4.63 Å². The first-order chi connectivity index (χ1) is 13.8. The zero-order chi connectivity index (χ0) is 19.2. The van der Waals surface area contributed by atoms with Gasteiger partial charge in [0.15, 0.2) is 0 Å². The zero-order valence-electron chi connectivity index (χ0n) is 15.9. The molecule has 1 aliphatic rings. The van der Waals surface area contributed by atoms with Crippen LogP contribution in [0.3, 0.4) is 0 Å². The Balaban J connectivity index is 1.18. The summed E-state index contributed by atoms with van der Waals surface area (Å²) < 4.78 is 4.85. The summed E-state index contributed by atoms with van der Waals surface area (Å²) in [5.41, 5.74) is 3.85. The van der Waals surface area contributed by atoms with E-state index in [1.54, 1.807) is 12.4 Å². The smallest absolute Gasteiger partial charge is 0.220 e. The van der Waals surface area contributed by atoms with E-state index in [4.69, 9.17) is 4.63 Å². The van der Waals surface area contributed by atoms with Gasteiger partial charge in [0.2, 0.25) is 5.91 Å². The second kappa shape index (κ2) is 8.93. The lowest BCUT2D eigenvalue weighted by Crippen LogP contribution is -2.33. The van der Waals surface area contributed by atoms with Gasteiger partial charge >= 0.3 is 0 Å². The van der Waals surface area contributed by atoms with Crippen molar-refractivity contribution < 1.29 is 9.42 Å². The van der Waals surface area contributed by atoms with Gasteiger partial charge in [-0.2, -0.15) is 0 Å². The summed E-state index contributed by atoms with van der Waals surface area (Å²) in [6.45, 7) is 3.50. The van der Waals surface area contributed by atoms with Crippen LogP contribution in [0.1, 0.15) is 36.8 Å². The molecule has 0 saturated carbocycles. The van der Waals surface area contributed by atoms with E-state index in [0.29, 0.717) is 18.9 Å². The Morgan fingerprint density at radius 1 is 1.18 bits per heavy atom. The maximum absolute atomic E-state index is 12.1. The number of benzene rings is 1. The van der Waals surface area contributed by atoms with Crippen molar-refractivity contribution in [2.75, 3.05) is 13.1 Å². The number of hydrogen-bond acceptors (Lipinski definition) is 6. The fourth-order valence-electron chi connectivity index (χ4n) is 3.79. The molecule has 1 N–H and O–H groups in total. The number of pyridine rings is 1. The zero-order valence-corrected chi connectivity index (χ0v) is 15.9. The molecule has 0 atom stereocenters. The molecule has 3 heterocycles. The highest BCUT2D eigenvalue weighted by atomic mass is 16.6. The molecule has 28 heavy (non-hydrogen) atoms. The summed E-state index contributed by atoms with van der Waals surface area (Å²) in [5.74, 6) is 0.737. The van der Waals surface area contributed by atoms with E-state index in [9.17, 15) is 4.79 Å². The van der Waals surface area contributed by atoms with Crippen molar-refractivity contribution in [1.82, 2.24) is 25.5 Å². The quantitative estimate of drug-likeness (QED) is 0.679. The average Bonchev–Trinajstić information content (AvgIpc) is 3.22. The maximum Gasteiger partial charge on any atom is 0.220 e. The predicted octanol–water partition coefficient (Wildman–Crippen LogP) is 2.93. The van der Waals surface area contributed by atoms with Gasteiger partial charge in [0.25, 0.3) is 0 Å². The fraction of sp³-hybridized carbons (Fsp3) is 0.429. The monoisotopic (exact) mass is 379 g/mol. The number of piperidine rings is 1. The highest BCUT2D eigenvalue weighted by Crippen LogP contribution is 2.24. The number of nitrogens with one attached hydrogen (secondary N) is 1. The second-order valence-corrected chi connectivity index (χ2v) is 7.45. The maximum atomic E-state index is 12.1. The van der Waals surface area contributed by atoms with Crippen molar-refractivity contribution in [2.45, 2.75) is 38.8 Å². The van der Waals surface area contributed by atoms with Crippen LogP contribution >= 0.6 is 0 Å². The third-order valence-electron chi connectivity index (χ3n) is 5.46. The molecule has 1 saturated heterocycles. The predicted molar refractivity (Wildman–Crippen MR) is 105 cm³/mol. The van der Waals surface area contributed by atoms with Gasteiger partial charge in [-0.05, 0) is 71.8 Å². The Labute approximate surface area is 164 Å². The minimum Gasteiger partial charge on any atom is -0.352 e. The molecule has 0 aliphatic carbocycles. The van der Waals surface area contributed by atoms with E-state index in [1.807, 2.05) is 24.3 Å².